The number of amides is 2. The molecule has 5 rings (SSSR count). The molecule has 0 aromatic carbocycles. The largest absolute Gasteiger partial charge is 0.465 e. The molecule has 2 amide bonds. The average molecular weight is 487 g/mol. The second-order valence-electron chi connectivity index (χ2n) is 10.7. The van der Waals surface area contributed by atoms with Crippen molar-refractivity contribution in [1.82, 2.24) is 9.80 Å². The molecule has 8 heteroatoms. The fraction of sp³-hybridized carbons (Fsp3) is 0.741. The lowest BCUT2D eigenvalue weighted by Crippen LogP contribution is -2.60. The van der Waals surface area contributed by atoms with E-state index in [4.69, 9.17) is 9.47 Å². The molecule has 1 N–H and O–H groups in total. The molecule has 4 aliphatic heterocycles. The SMILES string of the molecule is CC[C@@H](CO)N1C(=O)[C@@H]2[C@@H]3C(=O)OCCC=C[C@]3(CC)O[C@@]23C=CCN(C2CCCCC2)C(=O)C13. The number of hydrogen-bond donors (Lipinski definition) is 1. The molecule has 0 aromatic heterocycles. The first-order chi connectivity index (χ1) is 16.9. The fourth-order valence-electron chi connectivity index (χ4n) is 7.21. The van der Waals surface area contributed by atoms with Gasteiger partial charge in [-0.15, -0.1) is 0 Å². The van der Waals surface area contributed by atoms with E-state index in [1.54, 1.807) is 4.90 Å². The number of carbonyl (C=O) groups excluding carboxylic acids is 3. The number of aliphatic hydroxyl groups is 1. The van der Waals surface area contributed by atoms with Crippen molar-refractivity contribution < 1.29 is 29.0 Å². The summed E-state index contributed by atoms with van der Waals surface area (Å²) in [6.45, 7) is 4.30. The molecule has 2 saturated heterocycles. The van der Waals surface area contributed by atoms with Crippen LogP contribution in [0.4, 0.5) is 0 Å². The minimum absolute atomic E-state index is 0.126. The van der Waals surface area contributed by atoms with Gasteiger partial charge in [-0.05, 0) is 32.1 Å². The Morgan fingerprint density at radius 3 is 2.51 bits per heavy atom. The molecule has 192 valence electrons. The Morgan fingerprint density at radius 1 is 1.06 bits per heavy atom. The van der Waals surface area contributed by atoms with E-state index in [1.165, 1.54) is 6.42 Å². The zero-order chi connectivity index (χ0) is 24.8. The van der Waals surface area contributed by atoms with Crippen molar-refractivity contribution in [2.45, 2.75) is 94.5 Å². The second kappa shape index (κ2) is 9.36. The average Bonchev–Trinajstić information content (AvgIpc) is 3.21. The van der Waals surface area contributed by atoms with E-state index in [1.807, 2.05) is 43.1 Å². The van der Waals surface area contributed by atoms with Gasteiger partial charge >= 0.3 is 5.97 Å². The van der Waals surface area contributed by atoms with Gasteiger partial charge in [0.1, 0.15) is 23.2 Å². The molecular weight excluding hydrogens is 448 g/mol. The Labute approximate surface area is 207 Å². The van der Waals surface area contributed by atoms with E-state index in [0.717, 1.165) is 25.7 Å². The maximum absolute atomic E-state index is 14.4. The number of aliphatic hydroxyl groups excluding tert-OH is 1. The zero-order valence-corrected chi connectivity index (χ0v) is 20.9. The van der Waals surface area contributed by atoms with Crippen LogP contribution in [-0.4, -0.2) is 81.8 Å². The van der Waals surface area contributed by atoms with Gasteiger partial charge in [0.05, 0.1) is 25.2 Å². The molecular formula is C27H38N2O6. The molecule has 35 heavy (non-hydrogen) atoms. The molecule has 8 nitrogen and oxygen atoms in total. The number of fused-ring (bicyclic) bond motifs is 2. The van der Waals surface area contributed by atoms with Crippen LogP contribution in [0.15, 0.2) is 24.3 Å². The predicted molar refractivity (Wildman–Crippen MR) is 128 cm³/mol. The molecule has 0 bridgehead atoms. The first kappa shape index (κ1) is 24.5. The van der Waals surface area contributed by atoms with E-state index in [0.29, 0.717) is 25.8 Å². The number of cyclic esters (lactones) is 1. The number of hydrogen-bond acceptors (Lipinski definition) is 6. The van der Waals surface area contributed by atoms with Crippen molar-refractivity contribution in [3.8, 4) is 0 Å². The quantitative estimate of drug-likeness (QED) is 0.473. The van der Waals surface area contributed by atoms with E-state index in [2.05, 4.69) is 0 Å². The van der Waals surface area contributed by atoms with Crippen molar-refractivity contribution >= 4 is 17.8 Å². The van der Waals surface area contributed by atoms with Gasteiger partial charge in [0.2, 0.25) is 11.8 Å². The van der Waals surface area contributed by atoms with Crippen molar-refractivity contribution in [2.75, 3.05) is 19.8 Å². The molecule has 1 spiro atoms. The molecule has 1 unspecified atom stereocenters. The van der Waals surface area contributed by atoms with Gasteiger partial charge in [-0.2, -0.15) is 0 Å². The zero-order valence-electron chi connectivity index (χ0n) is 20.9. The van der Waals surface area contributed by atoms with Gasteiger partial charge in [-0.25, -0.2) is 0 Å². The molecule has 0 radical (unpaired) electrons. The lowest BCUT2D eigenvalue weighted by Gasteiger charge is -2.42. The first-order valence-electron chi connectivity index (χ1n) is 13.4. The van der Waals surface area contributed by atoms with Crippen LogP contribution in [0.2, 0.25) is 0 Å². The van der Waals surface area contributed by atoms with E-state index < -0.39 is 41.1 Å². The maximum Gasteiger partial charge on any atom is 0.313 e. The third-order valence-electron chi connectivity index (χ3n) is 8.96. The Kier molecular flexibility index (Phi) is 6.55. The Balaban J connectivity index is 1.66. The number of nitrogens with zero attached hydrogens (tertiary/aromatic N) is 2. The minimum atomic E-state index is -1.28. The predicted octanol–water partition coefficient (Wildman–Crippen LogP) is 2.35. The van der Waals surface area contributed by atoms with Crippen molar-refractivity contribution in [3.05, 3.63) is 24.3 Å². The van der Waals surface area contributed by atoms with E-state index in [9.17, 15) is 19.5 Å². The maximum atomic E-state index is 14.4. The normalized spacial score (nSPS) is 38.4. The van der Waals surface area contributed by atoms with Gasteiger partial charge < -0.3 is 24.4 Å². The van der Waals surface area contributed by atoms with Crippen LogP contribution in [0, 0.1) is 11.8 Å². The van der Waals surface area contributed by atoms with E-state index in [-0.39, 0.29) is 31.1 Å². The molecule has 1 saturated carbocycles. The number of rotatable bonds is 5. The number of esters is 1. The van der Waals surface area contributed by atoms with Crippen LogP contribution in [0.3, 0.4) is 0 Å². The van der Waals surface area contributed by atoms with Crippen LogP contribution in [-0.2, 0) is 23.9 Å². The van der Waals surface area contributed by atoms with Crippen LogP contribution in [0.1, 0.15) is 65.2 Å². The summed E-state index contributed by atoms with van der Waals surface area (Å²) in [7, 11) is 0. The van der Waals surface area contributed by atoms with Gasteiger partial charge in [-0.1, -0.05) is 57.4 Å². The third-order valence-corrected chi connectivity index (χ3v) is 8.96. The van der Waals surface area contributed by atoms with Gasteiger partial charge in [-0.3, -0.25) is 14.4 Å². The summed E-state index contributed by atoms with van der Waals surface area (Å²) >= 11 is 0. The van der Waals surface area contributed by atoms with Crippen molar-refractivity contribution in [3.63, 3.8) is 0 Å². The number of carbonyl (C=O) groups is 3. The standard InChI is InChI=1S/C27H38N2O6/c1-3-18(17-30)29-22-24(32)28(19-11-6-5-7-12-19)15-10-14-27(22)20(23(29)31)21-25(33)34-16-9-8-13-26(21,4-2)35-27/h8,10,13-14,18-22,30H,3-7,9,11-12,15-17H2,1-2H3/t18-,20-,21+,22?,26-,27-/m0/s1. The van der Waals surface area contributed by atoms with Gasteiger partial charge in [0.25, 0.3) is 0 Å². The highest BCUT2D eigenvalue weighted by atomic mass is 16.6. The first-order valence-corrected chi connectivity index (χ1v) is 13.4. The Morgan fingerprint density at radius 2 is 1.83 bits per heavy atom. The van der Waals surface area contributed by atoms with Crippen molar-refractivity contribution in [1.29, 1.82) is 0 Å². The number of ether oxygens (including phenoxy) is 2. The summed E-state index contributed by atoms with van der Waals surface area (Å²) in [5, 5.41) is 10.2. The molecule has 6 atom stereocenters. The molecule has 3 fully saturated rings. The Bertz CT molecular complexity index is 923. The fourth-order valence-corrected chi connectivity index (χ4v) is 7.21. The smallest absolute Gasteiger partial charge is 0.313 e. The second-order valence-corrected chi connectivity index (χ2v) is 10.7. The molecule has 1 aliphatic carbocycles. The highest BCUT2D eigenvalue weighted by Gasteiger charge is 2.76. The monoisotopic (exact) mass is 486 g/mol. The van der Waals surface area contributed by atoms with Crippen molar-refractivity contribution in [2.24, 2.45) is 11.8 Å². The number of likely N-dealkylation sites (tertiary alicyclic amines) is 1. The van der Waals surface area contributed by atoms with Gasteiger partial charge in [0.15, 0.2) is 0 Å². The minimum Gasteiger partial charge on any atom is -0.465 e. The molecule has 5 aliphatic rings. The topological polar surface area (TPSA) is 96.4 Å². The lowest BCUT2D eigenvalue weighted by atomic mass is 9.73. The molecule has 4 heterocycles. The summed E-state index contributed by atoms with van der Waals surface area (Å²) in [4.78, 5) is 45.4. The van der Waals surface area contributed by atoms with E-state index >= 15 is 0 Å². The Hall–Kier alpha value is -2.19. The summed E-state index contributed by atoms with van der Waals surface area (Å²) in [6.07, 6.45) is 14.5. The van der Waals surface area contributed by atoms with Crippen LogP contribution >= 0.6 is 0 Å². The highest BCUT2D eigenvalue weighted by Crippen LogP contribution is 2.58. The lowest BCUT2D eigenvalue weighted by molar-refractivity contribution is -0.164. The summed E-state index contributed by atoms with van der Waals surface area (Å²) in [6, 6.07) is -1.32. The summed E-state index contributed by atoms with van der Waals surface area (Å²) < 4.78 is 12.5. The van der Waals surface area contributed by atoms with Gasteiger partial charge in [0, 0.05) is 12.6 Å². The summed E-state index contributed by atoms with van der Waals surface area (Å²) in [5.74, 6) is -2.61. The van der Waals surface area contributed by atoms with Crippen LogP contribution < -0.4 is 0 Å². The third kappa shape index (κ3) is 3.58. The van der Waals surface area contributed by atoms with Crippen LogP contribution in [0.25, 0.3) is 0 Å². The van der Waals surface area contributed by atoms with Crippen LogP contribution in [0.5, 0.6) is 0 Å². The highest BCUT2D eigenvalue weighted by molar-refractivity contribution is 5.99. The summed E-state index contributed by atoms with van der Waals surface area (Å²) in [5.41, 5.74) is -2.30. The molecule has 0 aromatic rings.